The highest BCUT2D eigenvalue weighted by Gasteiger charge is 2.04. The molecule has 2 rings (SSSR count). The van der Waals surface area contributed by atoms with E-state index >= 15 is 0 Å². The van der Waals surface area contributed by atoms with Crippen molar-refractivity contribution in [3.63, 3.8) is 0 Å². The van der Waals surface area contributed by atoms with Crippen molar-refractivity contribution in [1.29, 1.82) is 0 Å². The molecule has 4 heteroatoms. The van der Waals surface area contributed by atoms with E-state index in [2.05, 4.69) is 5.32 Å². The second kappa shape index (κ2) is 5.10. The monoisotopic (exact) mass is 237 g/mol. The quantitative estimate of drug-likeness (QED) is 0.883. The molecule has 0 saturated heterocycles. The van der Waals surface area contributed by atoms with Crippen LogP contribution in [-0.4, -0.2) is 0 Å². The molecule has 2 aromatic rings. The van der Waals surface area contributed by atoms with Crippen LogP contribution in [0.5, 0.6) is 0 Å². The number of rotatable bonds is 4. The van der Waals surface area contributed by atoms with Crippen LogP contribution in [-0.2, 0) is 13.1 Å². The summed E-state index contributed by atoms with van der Waals surface area (Å²) >= 11 is 0. The average Bonchev–Trinajstić information content (AvgIpc) is 2.70. The summed E-state index contributed by atoms with van der Waals surface area (Å²) in [6.45, 7) is 2.99. The summed E-state index contributed by atoms with van der Waals surface area (Å²) in [5, 5.41) is 3.11. The van der Waals surface area contributed by atoms with Crippen molar-refractivity contribution < 1.29 is 13.2 Å². The Hall–Kier alpha value is -1.68. The van der Waals surface area contributed by atoms with Crippen LogP contribution in [0.3, 0.4) is 0 Å². The van der Waals surface area contributed by atoms with Gasteiger partial charge in [-0.25, -0.2) is 8.78 Å². The van der Waals surface area contributed by atoms with Gasteiger partial charge in [-0.1, -0.05) is 6.07 Å². The van der Waals surface area contributed by atoms with Crippen molar-refractivity contribution in [2.24, 2.45) is 0 Å². The van der Waals surface area contributed by atoms with E-state index in [1.165, 1.54) is 6.07 Å². The molecule has 0 unspecified atom stereocenters. The lowest BCUT2D eigenvalue weighted by atomic mass is 10.2. The zero-order chi connectivity index (χ0) is 12.3. The van der Waals surface area contributed by atoms with Crippen molar-refractivity contribution in [1.82, 2.24) is 5.32 Å². The first-order valence-electron chi connectivity index (χ1n) is 5.34. The molecule has 90 valence electrons. The SMILES string of the molecule is Cc1ccoc1CNCc1ccc(F)c(F)c1. The molecule has 1 aromatic heterocycles. The summed E-state index contributed by atoms with van der Waals surface area (Å²) < 4.78 is 30.9. The van der Waals surface area contributed by atoms with Gasteiger partial charge in [-0.15, -0.1) is 0 Å². The molecular formula is C13H13F2NO. The zero-order valence-corrected chi connectivity index (χ0v) is 9.47. The molecule has 0 atom stereocenters. The van der Waals surface area contributed by atoms with E-state index in [0.717, 1.165) is 17.4 Å². The zero-order valence-electron chi connectivity index (χ0n) is 9.47. The summed E-state index contributed by atoms with van der Waals surface area (Å²) in [7, 11) is 0. The Bertz CT molecular complexity index is 508. The molecule has 0 saturated carbocycles. The Labute approximate surface area is 98.3 Å². The van der Waals surface area contributed by atoms with Crippen LogP contribution < -0.4 is 5.32 Å². The largest absolute Gasteiger partial charge is 0.468 e. The number of hydrogen-bond donors (Lipinski definition) is 1. The molecular weight excluding hydrogens is 224 g/mol. The number of halogens is 2. The van der Waals surface area contributed by atoms with Crippen LogP contribution in [0.1, 0.15) is 16.9 Å². The second-order valence-corrected chi connectivity index (χ2v) is 3.88. The van der Waals surface area contributed by atoms with Gasteiger partial charge in [0.05, 0.1) is 12.8 Å². The van der Waals surface area contributed by atoms with Gasteiger partial charge in [-0.05, 0) is 36.2 Å². The van der Waals surface area contributed by atoms with Crippen molar-refractivity contribution in [3.8, 4) is 0 Å². The van der Waals surface area contributed by atoms with Crippen LogP contribution in [0.15, 0.2) is 34.9 Å². The molecule has 0 aliphatic heterocycles. The summed E-state index contributed by atoms with van der Waals surface area (Å²) in [6.07, 6.45) is 1.63. The Kier molecular flexibility index (Phi) is 3.54. The summed E-state index contributed by atoms with van der Waals surface area (Å²) in [5.41, 5.74) is 1.77. The summed E-state index contributed by atoms with van der Waals surface area (Å²) in [6, 6.07) is 5.76. The predicted molar refractivity (Wildman–Crippen MR) is 60.3 cm³/mol. The lowest BCUT2D eigenvalue weighted by molar-refractivity contribution is 0.478. The van der Waals surface area contributed by atoms with Gasteiger partial charge in [0.2, 0.25) is 0 Å². The smallest absolute Gasteiger partial charge is 0.159 e. The fourth-order valence-corrected chi connectivity index (χ4v) is 1.56. The third-order valence-electron chi connectivity index (χ3n) is 2.57. The van der Waals surface area contributed by atoms with E-state index in [1.807, 2.05) is 13.0 Å². The first-order valence-corrected chi connectivity index (χ1v) is 5.34. The standard InChI is InChI=1S/C13H13F2NO/c1-9-4-5-17-13(9)8-16-7-10-2-3-11(14)12(15)6-10/h2-6,16H,7-8H2,1H3. The van der Waals surface area contributed by atoms with Crippen molar-refractivity contribution in [2.45, 2.75) is 20.0 Å². The average molecular weight is 237 g/mol. The van der Waals surface area contributed by atoms with Gasteiger partial charge in [0.15, 0.2) is 11.6 Å². The van der Waals surface area contributed by atoms with E-state index in [4.69, 9.17) is 4.42 Å². The Morgan fingerprint density at radius 1 is 1.12 bits per heavy atom. The molecule has 2 nitrogen and oxygen atoms in total. The lowest BCUT2D eigenvalue weighted by Crippen LogP contribution is -2.13. The molecule has 1 aromatic carbocycles. The maximum atomic E-state index is 12.9. The molecule has 0 radical (unpaired) electrons. The topological polar surface area (TPSA) is 25.2 Å². The number of aryl methyl sites for hydroxylation is 1. The van der Waals surface area contributed by atoms with Crippen LogP contribution >= 0.6 is 0 Å². The highest BCUT2D eigenvalue weighted by molar-refractivity contribution is 5.18. The summed E-state index contributed by atoms with van der Waals surface area (Å²) in [5.74, 6) is -0.790. The molecule has 0 spiro atoms. The third-order valence-corrected chi connectivity index (χ3v) is 2.57. The predicted octanol–water partition coefficient (Wildman–Crippen LogP) is 3.16. The van der Waals surface area contributed by atoms with Crippen LogP contribution in [0.4, 0.5) is 8.78 Å². The van der Waals surface area contributed by atoms with E-state index in [0.29, 0.717) is 18.7 Å². The maximum Gasteiger partial charge on any atom is 0.159 e. The van der Waals surface area contributed by atoms with E-state index in [-0.39, 0.29) is 0 Å². The van der Waals surface area contributed by atoms with Crippen LogP contribution in [0.25, 0.3) is 0 Å². The summed E-state index contributed by atoms with van der Waals surface area (Å²) in [4.78, 5) is 0. The van der Waals surface area contributed by atoms with Gasteiger partial charge in [0, 0.05) is 6.54 Å². The second-order valence-electron chi connectivity index (χ2n) is 3.88. The molecule has 1 heterocycles. The van der Waals surface area contributed by atoms with Crippen LogP contribution in [0, 0.1) is 18.6 Å². The first-order chi connectivity index (χ1) is 8.16. The minimum absolute atomic E-state index is 0.470. The Morgan fingerprint density at radius 3 is 2.59 bits per heavy atom. The molecule has 0 fully saturated rings. The molecule has 0 amide bonds. The minimum Gasteiger partial charge on any atom is -0.468 e. The highest BCUT2D eigenvalue weighted by atomic mass is 19.2. The normalized spacial score (nSPS) is 10.8. The van der Waals surface area contributed by atoms with Crippen molar-refractivity contribution in [3.05, 3.63) is 59.1 Å². The van der Waals surface area contributed by atoms with Crippen LogP contribution in [0.2, 0.25) is 0 Å². The van der Waals surface area contributed by atoms with Gasteiger partial charge < -0.3 is 9.73 Å². The maximum absolute atomic E-state index is 12.9. The molecule has 0 aliphatic rings. The third kappa shape index (κ3) is 2.91. The van der Waals surface area contributed by atoms with Gasteiger partial charge >= 0.3 is 0 Å². The van der Waals surface area contributed by atoms with Gasteiger partial charge in [-0.3, -0.25) is 0 Å². The van der Waals surface area contributed by atoms with E-state index < -0.39 is 11.6 Å². The molecule has 17 heavy (non-hydrogen) atoms. The number of hydrogen-bond acceptors (Lipinski definition) is 2. The lowest BCUT2D eigenvalue weighted by Gasteiger charge is -2.04. The van der Waals surface area contributed by atoms with Gasteiger partial charge in [-0.2, -0.15) is 0 Å². The minimum atomic E-state index is -0.823. The van der Waals surface area contributed by atoms with E-state index in [9.17, 15) is 8.78 Å². The van der Waals surface area contributed by atoms with Gasteiger partial charge in [0.25, 0.3) is 0 Å². The number of nitrogens with one attached hydrogen (secondary N) is 1. The molecule has 0 aliphatic carbocycles. The Morgan fingerprint density at radius 2 is 1.94 bits per heavy atom. The van der Waals surface area contributed by atoms with Crippen molar-refractivity contribution in [2.75, 3.05) is 0 Å². The Balaban J connectivity index is 1.90. The highest BCUT2D eigenvalue weighted by Crippen LogP contribution is 2.10. The fourth-order valence-electron chi connectivity index (χ4n) is 1.56. The number of benzene rings is 1. The first kappa shape index (κ1) is 11.8. The fraction of sp³-hybridized carbons (Fsp3) is 0.231. The van der Waals surface area contributed by atoms with Gasteiger partial charge in [0.1, 0.15) is 5.76 Å². The molecule has 0 bridgehead atoms. The molecule has 1 N–H and O–H groups in total. The number of furan rings is 1. The van der Waals surface area contributed by atoms with Crippen molar-refractivity contribution >= 4 is 0 Å². The van der Waals surface area contributed by atoms with E-state index in [1.54, 1.807) is 12.3 Å².